The molecule has 1 fully saturated rings. The van der Waals surface area contributed by atoms with Gasteiger partial charge in [-0.05, 0) is 43.2 Å². The maximum Gasteiger partial charge on any atom is 0.0456 e. The Morgan fingerprint density at radius 3 is 2.65 bits per heavy atom. The number of benzene rings is 1. The predicted molar refractivity (Wildman–Crippen MR) is 74.1 cm³/mol. The van der Waals surface area contributed by atoms with Crippen molar-refractivity contribution >= 4 is 11.6 Å². The maximum absolute atomic E-state index is 6.59. The Bertz CT molecular complexity index is 386. The fourth-order valence-corrected chi connectivity index (χ4v) is 3.44. The van der Waals surface area contributed by atoms with Gasteiger partial charge in [-0.3, -0.25) is 0 Å². The molecule has 0 aromatic heterocycles. The van der Waals surface area contributed by atoms with Gasteiger partial charge < -0.3 is 5.73 Å². The summed E-state index contributed by atoms with van der Waals surface area (Å²) in [6, 6.07) is 8.00. The molecule has 0 heterocycles. The van der Waals surface area contributed by atoms with Crippen LogP contribution in [0.5, 0.6) is 0 Å². The zero-order valence-electron chi connectivity index (χ0n) is 10.7. The number of nitrogens with two attached hydrogens (primary N) is 1. The summed E-state index contributed by atoms with van der Waals surface area (Å²) in [5.74, 6) is 1.34. The van der Waals surface area contributed by atoms with Gasteiger partial charge in [-0.25, -0.2) is 0 Å². The minimum Gasteiger partial charge on any atom is -0.321 e. The van der Waals surface area contributed by atoms with Crippen LogP contribution in [0.1, 0.15) is 45.1 Å². The molecule has 1 saturated carbocycles. The van der Waals surface area contributed by atoms with Gasteiger partial charge in [0.2, 0.25) is 0 Å². The molecule has 1 aliphatic rings. The lowest BCUT2D eigenvalue weighted by atomic mass is 9.70. The maximum atomic E-state index is 6.59. The van der Waals surface area contributed by atoms with Crippen molar-refractivity contribution in [3.8, 4) is 0 Å². The van der Waals surface area contributed by atoms with Crippen LogP contribution in [0.15, 0.2) is 24.3 Å². The van der Waals surface area contributed by atoms with Gasteiger partial charge >= 0.3 is 0 Å². The van der Waals surface area contributed by atoms with Gasteiger partial charge in [0, 0.05) is 10.6 Å². The molecular formula is C15H22ClN. The lowest BCUT2D eigenvalue weighted by Gasteiger charge is -2.39. The highest BCUT2D eigenvalue weighted by atomic mass is 35.5. The molecule has 1 aromatic carbocycles. The molecule has 2 heteroatoms. The summed E-state index contributed by atoms with van der Waals surface area (Å²) in [6.07, 6.45) is 5.08. The van der Waals surface area contributed by atoms with E-state index in [1.54, 1.807) is 0 Å². The second-order valence-electron chi connectivity index (χ2n) is 5.73. The Kier molecular flexibility index (Phi) is 3.79. The van der Waals surface area contributed by atoms with E-state index in [2.05, 4.69) is 19.9 Å². The normalized spacial score (nSPS) is 28.7. The topological polar surface area (TPSA) is 26.0 Å². The van der Waals surface area contributed by atoms with E-state index in [1.807, 2.05) is 18.2 Å². The SMILES string of the molecule is CC1CCCC(C(C)(N)c2ccccc2Cl)C1. The van der Waals surface area contributed by atoms with Gasteiger partial charge in [-0.1, -0.05) is 49.6 Å². The molecule has 0 spiro atoms. The van der Waals surface area contributed by atoms with E-state index < -0.39 is 0 Å². The molecule has 0 saturated heterocycles. The molecular weight excluding hydrogens is 230 g/mol. The third kappa shape index (κ3) is 2.66. The Hall–Kier alpha value is -0.530. The van der Waals surface area contributed by atoms with Crippen molar-refractivity contribution < 1.29 is 0 Å². The number of halogens is 1. The van der Waals surface area contributed by atoms with Crippen molar-refractivity contribution in [2.75, 3.05) is 0 Å². The lowest BCUT2D eigenvalue weighted by Crippen LogP contribution is -2.43. The molecule has 94 valence electrons. The molecule has 0 radical (unpaired) electrons. The van der Waals surface area contributed by atoms with Crippen LogP contribution in [0.2, 0.25) is 5.02 Å². The van der Waals surface area contributed by atoms with Crippen molar-refractivity contribution in [1.82, 2.24) is 0 Å². The highest BCUT2D eigenvalue weighted by Gasteiger charge is 2.35. The van der Waals surface area contributed by atoms with Crippen LogP contribution in [0.25, 0.3) is 0 Å². The van der Waals surface area contributed by atoms with Gasteiger partial charge in [0.1, 0.15) is 0 Å². The van der Waals surface area contributed by atoms with E-state index in [-0.39, 0.29) is 5.54 Å². The smallest absolute Gasteiger partial charge is 0.0456 e. The summed E-state index contributed by atoms with van der Waals surface area (Å²) < 4.78 is 0. The van der Waals surface area contributed by atoms with Crippen molar-refractivity contribution in [2.45, 2.75) is 45.1 Å². The average Bonchev–Trinajstić information content (AvgIpc) is 2.29. The minimum absolute atomic E-state index is 0.299. The minimum atomic E-state index is -0.299. The molecule has 1 nitrogen and oxygen atoms in total. The van der Waals surface area contributed by atoms with Crippen LogP contribution in [-0.2, 0) is 5.54 Å². The first-order valence-corrected chi connectivity index (χ1v) is 6.93. The summed E-state index contributed by atoms with van der Waals surface area (Å²) in [4.78, 5) is 0. The third-order valence-electron chi connectivity index (χ3n) is 4.24. The first-order valence-electron chi connectivity index (χ1n) is 6.55. The molecule has 3 unspecified atom stereocenters. The molecule has 1 aromatic rings. The zero-order chi connectivity index (χ0) is 12.5. The first-order chi connectivity index (χ1) is 8.01. The molecule has 0 bridgehead atoms. The Labute approximate surface area is 109 Å². The van der Waals surface area contributed by atoms with Crippen molar-refractivity contribution in [1.29, 1.82) is 0 Å². The molecule has 17 heavy (non-hydrogen) atoms. The lowest BCUT2D eigenvalue weighted by molar-refractivity contribution is 0.185. The molecule has 1 aliphatic carbocycles. The molecule has 3 atom stereocenters. The van der Waals surface area contributed by atoms with Gasteiger partial charge in [0.15, 0.2) is 0 Å². The fourth-order valence-electron chi connectivity index (χ4n) is 3.10. The van der Waals surface area contributed by atoms with E-state index in [1.165, 1.54) is 25.7 Å². The predicted octanol–water partition coefficient (Wildman–Crippen LogP) is 4.34. The summed E-state index contributed by atoms with van der Waals surface area (Å²) in [5.41, 5.74) is 7.39. The van der Waals surface area contributed by atoms with Crippen LogP contribution >= 0.6 is 11.6 Å². The number of hydrogen-bond donors (Lipinski definition) is 1. The summed E-state index contributed by atoms with van der Waals surface area (Å²) in [7, 11) is 0. The van der Waals surface area contributed by atoms with Crippen molar-refractivity contribution in [2.24, 2.45) is 17.6 Å². The van der Waals surface area contributed by atoms with Gasteiger partial charge in [0.25, 0.3) is 0 Å². The van der Waals surface area contributed by atoms with Crippen LogP contribution in [-0.4, -0.2) is 0 Å². The van der Waals surface area contributed by atoms with Crippen molar-refractivity contribution in [3.05, 3.63) is 34.9 Å². The molecule has 0 aliphatic heterocycles. The summed E-state index contributed by atoms with van der Waals surface area (Å²) in [5, 5.41) is 0.802. The summed E-state index contributed by atoms with van der Waals surface area (Å²) >= 11 is 6.28. The Morgan fingerprint density at radius 1 is 1.29 bits per heavy atom. The first kappa shape index (κ1) is 12.9. The van der Waals surface area contributed by atoms with E-state index in [4.69, 9.17) is 17.3 Å². The number of hydrogen-bond acceptors (Lipinski definition) is 1. The second-order valence-corrected chi connectivity index (χ2v) is 6.14. The highest BCUT2D eigenvalue weighted by Crippen LogP contribution is 2.41. The van der Waals surface area contributed by atoms with Crippen LogP contribution < -0.4 is 5.73 Å². The molecule has 2 N–H and O–H groups in total. The van der Waals surface area contributed by atoms with E-state index in [9.17, 15) is 0 Å². The van der Waals surface area contributed by atoms with E-state index in [0.29, 0.717) is 5.92 Å². The van der Waals surface area contributed by atoms with Gasteiger partial charge in [0.05, 0.1) is 0 Å². The largest absolute Gasteiger partial charge is 0.321 e. The highest BCUT2D eigenvalue weighted by molar-refractivity contribution is 6.31. The monoisotopic (exact) mass is 251 g/mol. The summed E-state index contributed by atoms with van der Waals surface area (Å²) in [6.45, 7) is 4.46. The van der Waals surface area contributed by atoms with Crippen LogP contribution in [0.4, 0.5) is 0 Å². The second kappa shape index (κ2) is 4.99. The van der Waals surface area contributed by atoms with Crippen molar-refractivity contribution in [3.63, 3.8) is 0 Å². The Morgan fingerprint density at radius 2 is 2.00 bits per heavy atom. The standard InChI is InChI=1S/C15H22ClN/c1-11-6-5-7-12(10-11)15(2,17)13-8-3-4-9-14(13)16/h3-4,8-9,11-12H,5-7,10,17H2,1-2H3. The van der Waals surface area contributed by atoms with E-state index >= 15 is 0 Å². The zero-order valence-corrected chi connectivity index (χ0v) is 11.5. The van der Waals surface area contributed by atoms with E-state index in [0.717, 1.165) is 16.5 Å². The fraction of sp³-hybridized carbons (Fsp3) is 0.600. The van der Waals surface area contributed by atoms with Gasteiger partial charge in [-0.2, -0.15) is 0 Å². The van der Waals surface area contributed by atoms with Crippen LogP contribution in [0, 0.1) is 11.8 Å². The average molecular weight is 252 g/mol. The third-order valence-corrected chi connectivity index (χ3v) is 4.57. The molecule has 2 rings (SSSR count). The quantitative estimate of drug-likeness (QED) is 0.831. The number of rotatable bonds is 2. The molecule has 0 amide bonds. The van der Waals surface area contributed by atoms with Gasteiger partial charge in [-0.15, -0.1) is 0 Å². The Balaban J connectivity index is 2.26. The van der Waals surface area contributed by atoms with Crippen LogP contribution in [0.3, 0.4) is 0 Å².